The first-order valence-corrected chi connectivity index (χ1v) is 6.10. The second-order valence-electron chi connectivity index (χ2n) is 3.72. The predicted molar refractivity (Wildman–Crippen MR) is 67.9 cm³/mol. The molecule has 2 N–H and O–H groups in total. The SMILES string of the molecule is Cc1cc(C(=O)O)nc(NCc2cnc(C)s2)n1. The molecule has 2 aromatic rings. The van der Waals surface area contributed by atoms with Gasteiger partial charge in [0, 0.05) is 16.8 Å². The van der Waals surface area contributed by atoms with E-state index in [9.17, 15) is 4.79 Å². The van der Waals surface area contributed by atoms with Gasteiger partial charge in [-0.05, 0) is 19.9 Å². The Kier molecular flexibility index (Phi) is 3.52. The van der Waals surface area contributed by atoms with Gasteiger partial charge >= 0.3 is 5.97 Å². The zero-order valence-corrected chi connectivity index (χ0v) is 10.8. The first-order chi connectivity index (χ1) is 8.54. The summed E-state index contributed by atoms with van der Waals surface area (Å²) in [5.74, 6) is -0.740. The third-order valence-corrected chi connectivity index (χ3v) is 3.08. The summed E-state index contributed by atoms with van der Waals surface area (Å²) >= 11 is 1.58. The van der Waals surface area contributed by atoms with Crippen LogP contribution in [-0.4, -0.2) is 26.0 Å². The first-order valence-electron chi connectivity index (χ1n) is 5.29. The van der Waals surface area contributed by atoms with Gasteiger partial charge < -0.3 is 10.4 Å². The minimum absolute atomic E-state index is 0.00881. The molecule has 0 fully saturated rings. The number of aromatic carboxylic acids is 1. The molecule has 0 saturated carbocycles. The largest absolute Gasteiger partial charge is 0.477 e. The Morgan fingerprint density at radius 1 is 1.44 bits per heavy atom. The van der Waals surface area contributed by atoms with Crippen LogP contribution in [0.2, 0.25) is 0 Å². The van der Waals surface area contributed by atoms with E-state index in [1.54, 1.807) is 24.5 Å². The number of hydrogen-bond donors (Lipinski definition) is 2. The average Bonchev–Trinajstić information content (AvgIpc) is 2.72. The Labute approximate surface area is 108 Å². The van der Waals surface area contributed by atoms with Crippen molar-refractivity contribution >= 4 is 23.3 Å². The molecule has 0 atom stereocenters. The maximum absolute atomic E-state index is 10.9. The van der Waals surface area contributed by atoms with Gasteiger partial charge in [-0.2, -0.15) is 0 Å². The number of anilines is 1. The molecule has 0 bridgehead atoms. The van der Waals surface area contributed by atoms with Crippen LogP contribution in [0.3, 0.4) is 0 Å². The highest BCUT2D eigenvalue weighted by atomic mass is 32.1. The van der Waals surface area contributed by atoms with Crippen molar-refractivity contribution in [2.45, 2.75) is 20.4 Å². The Hall–Kier alpha value is -2.02. The van der Waals surface area contributed by atoms with Gasteiger partial charge in [-0.3, -0.25) is 0 Å². The van der Waals surface area contributed by atoms with Gasteiger partial charge in [0.05, 0.1) is 11.6 Å². The van der Waals surface area contributed by atoms with E-state index in [0.717, 1.165) is 9.88 Å². The fourth-order valence-corrected chi connectivity index (χ4v) is 2.14. The lowest BCUT2D eigenvalue weighted by atomic mass is 10.3. The fourth-order valence-electron chi connectivity index (χ4n) is 1.41. The topological polar surface area (TPSA) is 88.0 Å². The number of nitrogens with one attached hydrogen (secondary N) is 1. The Bertz CT molecular complexity index is 582. The van der Waals surface area contributed by atoms with Crippen LogP contribution in [0.25, 0.3) is 0 Å². The molecule has 7 heteroatoms. The molecule has 94 valence electrons. The number of carboxylic acids is 1. The fraction of sp³-hybridized carbons (Fsp3) is 0.273. The van der Waals surface area contributed by atoms with Crippen LogP contribution in [0.4, 0.5) is 5.95 Å². The summed E-state index contributed by atoms with van der Waals surface area (Å²) in [6, 6.07) is 1.43. The van der Waals surface area contributed by atoms with E-state index in [1.165, 1.54) is 6.07 Å². The number of carbonyl (C=O) groups is 1. The molecular formula is C11H12N4O2S. The molecule has 0 spiro atoms. The lowest BCUT2D eigenvalue weighted by molar-refractivity contribution is 0.0690. The zero-order chi connectivity index (χ0) is 13.1. The molecule has 0 saturated heterocycles. The van der Waals surface area contributed by atoms with Gasteiger partial charge in [-0.25, -0.2) is 19.7 Å². The molecule has 0 amide bonds. The summed E-state index contributed by atoms with van der Waals surface area (Å²) < 4.78 is 0. The lowest BCUT2D eigenvalue weighted by Gasteiger charge is -2.04. The van der Waals surface area contributed by atoms with Crippen LogP contribution in [0.1, 0.15) is 26.1 Å². The summed E-state index contributed by atoms with van der Waals surface area (Å²) in [6.45, 7) is 4.20. The van der Waals surface area contributed by atoms with Crippen LogP contribution in [0.5, 0.6) is 0 Å². The Morgan fingerprint density at radius 3 is 2.83 bits per heavy atom. The van der Waals surface area contributed by atoms with E-state index in [4.69, 9.17) is 5.11 Å². The number of hydrogen-bond acceptors (Lipinski definition) is 6. The van der Waals surface area contributed by atoms with Crippen molar-refractivity contribution in [3.05, 3.63) is 33.5 Å². The van der Waals surface area contributed by atoms with Crippen molar-refractivity contribution in [2.75, 3.05) is 5.32 Å². The van der Waals surface area contributed by atoms with Gasteiger partial charge in [0.2, 0.25) is 5.95 Å². The highest BCUT2D eigenvalue weighted by molar-refractivity contribution is 7.11. The molecule has 18 heavy (non-hydrogen) atoms. The lowest BCUT2D eigenvalue weighted by Crippen LogP contribution is -2.08. The number of carboxylic acid groups (broad SMARTS) is 1. The van der Waals surface area contributed by atoms with E-state index in [-0.39, 0.29) is 5.69 Å². The highest BCUT2D eigenvalue weighted by Gasteiger charge is 2.08. The molecule has 2 aromatic heterocycles. The standard InChI is InChI=1S/C11H12N4O2S/c1-6-3-9(10(16)17)15-11(14-6)13-5-8-4-12-7(2)18-8/h3-4H,5H2,1-2H3,(H,16,17)(H,13,14,15). The van der Waals surface area contributed by atoms with Crippen molar-refractivity contribution in [3.8, 4) is 0 Å². The zero-order valence-electron chi connectivity index (χ0n) is 9.97. The van der Waals surface area contributed by atoms with Crippen molar-refractivity contribution < 1.29 is 9.90 Å². The molecule has 2 heterocycles. The first kappa shape index (κ1) is 12.4. The molecule has 0 unspecified atom stereocenters. The third-order valence-electron chi connectivity index (χ3n) is 2.16. The monoisotopic (exact) mass is 264 g/mol. The van der Waals surface area contributed by atoms with Crippen LogP contribution in [-0.2, 0) is 6.54 Å². The number of aromatic nitrogens is 3. The predicted octanol–water partition coefficient (Wildman–Crippen LogP) is 1.86. The molecule has 0 aliphatic carbocycles. The van der Waals surface area contributed by atoms with Crippen molar-refractivity contribution in [2.24, 2.45) is 0 Å². The summed E-state index contributed by atoms with van der Waals surface area (Å²) in [5, 5.41) is 12.9. The number of rotatable bonds is 4. The molecule has 0 aliphatic heterocycles. The second kappa shape index (κ2) is 5.09. The third kappa shape index (κ3) is 3.01. The van der Waals surface area contributed by atoms with Crippen LogP contribution in [0.15, 0.2) is 12.3 Å². The second-order valence-corrected chi connectivity index (χ2v) is 5.04. The van der Waals surface area contributed by atoms with Crippen molar-refractivity contribution in [3.63, 3.8) is 0 Å². The molecule has 2 rings (SSSR count). The minimum Gasteiger partial charge on any atom is -0.477 e. The van der Waals surface area contributed by atoms with Crippen LogP contribution in [0, 0.1) is 13.8 Å². The smallest absolute Gasteiger partial charge is 0.354 e. The van der Waals surface area contributed by atoms with Gasteiger partial charge in [0.15, 0.2) is 5.69 Å². The molecule has 0 aromatic carbocycles. The van der Waals surface area contributed by atoms with Crippen LogP contribution < -0.4 is 5.32 Å². The van der Waals surface area contributed by atoms with Gasteiger partial charge in [0.25, 0.3) is 0 Å². The van der Waals surface area contributed by atoms with Crippen LogP contribution >= 0.6 is 11.3 Å². The summed E-state index contributed by atoms with van der Waals surface area (Å²) in [7, 11) is 0. The molecule has 6 nitrogen and oxygen atoms in total. The van der Waals surface area contributed by atoms with Crippen molar-refractivity contribution in [1.82, 2.24) is 15.0 Å². The quantitative estimate of drug-likeness (QED) is 0.876. The molecular weight excluding hydrogens is 252 g/mol. The van der Waals surface area contributed by atoms with Crippen molar-refractivity contribution in [1.29, 1.82) is 0 Å². The van der Waals surface area contributed by atoms with Gasteiger partial charge in [0.1, 0.15) is 0 Å². The highest BCUT2D eigenvalue weighted by Crippen LogP contribution is 2.13. The van der Waals surface area contributed by atoms with E-state index in [2.05, 4.69) is 20.3 Å². The maximum atomic E-state index is 10.9. The van der Waals surface area contributed by atoms with E-state index in [1.807, 2.05) is 6.92 Å². The minimum atomic E-state index is -1.06. The number of thiazole rings is 1. The van der Waals surface area contributed by atoms with Gasteiger partial charge in [-0.1, -0.05) is 0 Å². The van der Waals surface area contributed by atoms with E-state index < -0.39 is 5.97 Å². The Morgan fingerprint density at radius 2 is 2.22 bits per heavy atom. The van der Waals surface area contributed by atoms with E-state index >= 15 is 0 Å². The van der Waals surface area contributed by atoms with E-state index in [0.29, 0.717) is 18.2 Å². The molecule has 0 aliphatic rings. The number of nitrogens with zero attached hydrogens (tertiary/aromatic N) is 3. The number of aryl methyl sites for hydroxylation is 2. The summed E-state index contributed by atoms with van der Waals surface area (Å²) in [5.41, 5.74) is 0.607. The summed E-state index contributed by atoms with van der Waals surface area (Å²) in [6.07, 6.45) is 1.78. The maximum Gasteiger partial charge on any atom is 0.354 e. The average molecular weight is 264 g/mol. The molecule has 0 radical (unpaired) electrons. The normalized spacial score (nSPS) is 10.3. The summed E-state index contributed by atoms with van der Waals surface area (Å²) in [4.78, 5) is 24.1. The Balaban J connectivity index is 2.11. The van der Waals surface area contributed by atoms with Gasteiger partial charge in [-0.15, -0.1) is 11.3 Å².